The number of esters is 1. The summed E-state index contributed by atoms with van der Waals surface area (Å²) in [6, 6.07) is 5.15. The Morgan fingerprint density at radius 1 is 1.21 bits per heavy atom. The first-order valence-corrected chi connectivity index (χ1v) is 7.63. The lowest BCUT2D eigenvalue weighted by atomic mass is 10.1. The third-order valence-electron chi connectivity index (χ3n) is 2.47. The number of rotatable bonds is 3. The number of halogens is 3. The van der Waals surface area contributed by atoms with Gasteiger partial charge in [0.15, 0.2) is 6.10 Å². The Bertz CT molecular complexity index is 555. The summed E-state index contributed by atoms with van der Waals surface area (Å²) in [6.07, 6.45) is -0.498. The van der Waals surface area contributed by atoms with Crippen molar-refractivity contribution in [2.75, 3.05) is 0 Å². The number of ether oxygens (including phenoxy) is 1. The smallest absolute Gasteiger partial charge is 0.351 e. The molecule has 0 aromatic heterocycles. The Morgan fingerprint density at radius 3 is 2.47 bits per heavy atom. The zero-order valence-corrected chi connectivity index (χ0v) is 13.3. The molecule has 1 aromatic rings. The predicted molar refractivity (Wildman–Crippen MR) is 80.9 cm³/mol. The molecule has 0 N–H and O–H groups in total. The number of carbonyl (C=O) groups is 1. The average molecular weight is 338 g/mol. The molecule has 0 saturated heterocycles. The van der Waals surface area contributed by atoms with Crippen molar-refractivity contribution in [3.8, 4) is 0 Å². The fourth-order valence-corrected chi connectivity index (χ4v) is 3.28. The standard InChI is InChI=1S/C13H11Cl3O2S/c1-6(2)19-12-10(16)13(17)18-11(12)7-3-4-8(14)9(15)5-7/h3-6,11H,1-2H3. The second-order valence-corrected chi connectivity index (χ2v) is 7.11. The van der Waals surface area contributed by atoms with E-state index < -0.39 is 12.1 Å². The second kappa shape index (κ2) is 5.96. The van der Waals surface area contributed by atoms with E-state index in [1.54, 1.807) is 18.2 Å². The van der Waals surface area contributed by atoms with Crippen LogP contribution in [0.5, 0.6) is 0 Å². The van der Waals surface area contributed by atoms with Gasteiger partial charge in [0.05, 0.1) is 15.0 Å². The van der Waals surface area contributed by atoms with Crippen LogP contribution in [0, 0.1) is 0 Å². The highest BCUT2D eigenvalue weighted by Crippen LogP contribution is 2.45. The molecular weight excluding hydrogens is 327 g/mol. The Kier molecular flexibility index (Phi) is 4.72. The minimum absolute atomic E-state index is 0.148. The number of carbonyl (C=O) groups excluding carboxylic acids is 1. The van der Waals surface area contributed by atoms with Gasteiger partial charge in [-0.3, -0.25) is 0 Å². The zero-order valence-electron chi connectivity index (χ0n) is 10.2. The van der Waals surface area contributed by atoms with Crippen LogP contribution in [0.15, 0.2) is 28.1 Å². The van der Waals surface area contributed by atoms with E-state index in [4.69, 9.17) is 39.5 Å². The van der Waals surface area contributed by atoms with Crippen LogP contribution in [0.4, 0.5) is 0 Å². The van der Waals surface area contributed by atoms with Crippen molar-refractivity contribution in [1.82, 2.24) is 0 Å². The van der Waals surface area contributed by atoms with E-state index in [2.05, 4.69) is 0 Å². The maximum absolute atomic E-state index is 11.6. The Hall–Kier alpha value is -0.350. The van der Waals surface area contributed by atoms with E-state index in [0.717, 1.165) is 10.5 Å². The molecule has 0 saturated carbocycles. The van der Waals surface area contributed by atoms with E-state index >= 15 is 0 Å². The van der Waals surface area contributed by atoms with Crippen molar-refractivity contribution in [2.24, 2.45) is 0 Å². The van der Waals surface area contributed by atoms with Crippen molar-refractivity contribution in [1.29, 1.82) is 0 Å². The van der Waals surface area contributed by atoms with Crippen LogP contribution in [-0.4, -0.2) is 11.2 Å². The maximum Gasteiger partial charge on any atom is 0.351 e. The van der Waals surface area contributed by atoms with E-state index in [1.165, 1.54) is 11.8 Å². The molecular formula is C13H11Cl3O2S. The SMILES string of the molecule is CC(C)SC1=C(Cl)C(=O)OC1c1ccc(Cl)c(Cl)c1. The molecule has 2 rings (SSSR count). The summed E-state index contributed by atoms with van der Waals surface area (Å²) in [5, 5.41) is 1.33. The second-order valence-electron chi connectivity index (χ2n) is 4.30. The third-order valence-corrected chi connectivity index (χ3v) is 4.82. The predicted octanol–water partition coefficient (Wildman–Crippen LogP) is 5.18. The van der Waals surface area contributed by atoms with Crippen LogP contribution in [0.2, 0.25) is 10.0 Å². The summed E-state index contributed by atoms with van der Waals surface area (Å²) in [7, 11) is 0. The van der Waals surface area contributed by atoms with Gasteiger partial charge in [-0.25, -0.2) is 4.79 Å². The van der Waals surface area contributed by atoms with Crippen molar-refractivity contribution >= 4 is 52.5 Å². The molecule has 19 heavy (non-hydrogen) atoms. The van der Waals surface area contributed by atoms with Crippen molar-refractivity contribution in [3.05, 3.63) is 43.7 Å². The van der Waals surface area contributed by atoms with Gasteiger partial charge in [-0.15, -0.1) is 11.8 Å². The molecule has 1 heterocycles. The van der Waals surface area contributed by atoms with Gasteiger partial charge < -0.3 is 4.74 Å². The summed E-state index contributed by atoms with van der Waals surface area (Å²) in [6.45, 7) is 4.05. The van der Waals surface area contributed by atoms with Gasteiger partial charge in [-0.2, -0.15) is 0 Å². The van der Waals surface area contributed by atoms with Gasteiger partial charge >= 0.3 is 5.97 Å². The number of hydrogen-bond acceptors (Lipinski definition) is 3. The summed E-state index contributed by atoms with van der Waals surface area (Å²) in [4.78, 5) is 12.3. The minimum Gasteiger partial charge on any atom is -0.448 e. The third kappa shape index (κ3) is 3.22. The topological polar surface area (TPSA) is 26.3 Å². The van der Waals surface area contributed by atoms with Gasteiger partial charge in [0, 0.05) is 5.25 Å². The van der Waals surface area contributed by atoms with Crippen LogP contribution >= 0.6 is 46.6 Å². The fourth-order valence-electron chi connectivity index (χ4n) is 1.69. The molecule has 1 atom stereocenters. The Balaban J connectivity index is 2.38. The molecule has 102 valence electrons. The highest BCUT2D eigenvalue weighted by Gasteiger charge is 2.35. The number of hydrogen-bond donors (Lipinski definition) is 0. The monoisotopic (exact) mass is 336 g/mol. The van der Waals surface area contributed by atoms with E-state index in [9.17, 15) is 4.79 Å². The summed E-state index contributed by atoms with van der Waals surface area (Å²) in [5.41, 5.74) is 0.765. The first-order chi connectivity index (χ1) is 8.90. The Labute approximate surface area is 131 Å². The molecule has 2 nitrogen and oxygen atoms in total. The highest BCUT2D eigenvalue weighted by atomic mass is 35.5. The molecule has 1 unspecified atom stereocenters. The molecule has 0 radical (unpaired) electrons. The van der Waals surface area contributed by atoms with E-state index in [-0.39, 0.29) is 5.03 Å². The maximum atomic E-state index is 11.6. The van der Waals surface area contributed by atoms with Crippen LogP contribution in [0.3, 0.4) is 0 Å². The van der Waals surface area contributed by atoms with E-state index in [0.29, 0.717) is 15.3 Å². The molecule has 1 aliphatic heterocycles. The molecule has 0 spiro atoms. The first kappa shape index (κ1) is 15.0. The quantitative estimate of drug-likeness (QED) is 0.711. The van der Waals surface area contributed by atoms with Crippen LogP contribution in [-0.2, 0) is 9.53 Å². The van der Waals surface area contributed by atoms with Crippen molar-refractivity contribution in [2.45, 2.75) is 25.2 Å². The lowest BCUT2D eigenvalue weighted by molar-refractivity contribution is -0.139. The Morgan fingerprint density at radius 2 is 1.89 bits per heavy atom. The lowest BCUT2D eigenvalue weighted by Gasteiger charge is -2.16. The molecule has 0 aliphatic carbocycles. The van der Waals surface area contributed by atoms with Gasteiger partial charge in [0.1, 0.15) is 5.03 Å². The lowest BCUT2D eigenvalue weighted by Crippen LogP contribution is -2.03. The summed E-state index contributed by atoms with van der Waals surface area (Å²) in [5.74, 6) is -0.499. The van der Waals surface area contributed by atoms with Crippen molar-refractivity contribution < 1.29 is 9.53 Å². The van der Waals surface area contributed by atoms with E-state index in [1.807, 2.05) is 13.8 Å². The summed E-state index contributed by atoms with van der Waals surface area (Å²) < 4.78 is 5.30. The molecule has 0 fully saturated rings. The number of benzene rings is 1. The number of thioether (sulfide) groups is 1. The molecule has 1 aliphatic rings. The molecule has 6 heteroatoms. The highest BCUT2D eigenvalue weighted by molar-refractivity contribution is 8.03. The first-order valence-electron chi connectivity index (χ1n) is 5.62. The van der Waals surface area contributed by atoms with Crippen molar-refractivity contribution in [3.63, 3.8) is 0 Å². The van der Waals surface area contributed by atoms with Gasteiger partial charge in [0.2, 0.25) is 0 Å². The molecule has 0 bridgehead atoms. The van der Waals surface area contributed by atoms with Gasteiger partial charge in [-0.05, 0) is 17.7 Å². The average Bonchev–Trinajstić information content (AvgIpc) is 2.60. The normalized spacial score (nSPS) is 19.3. The summed E-state index contributed by atoms with van der Waals surface area (Å²) >= 11 is 19.4. The van der Waals surface area contributed by atoms with Crippen LogP contribution < -0.4 is 0 Å². The van der Waals surface area contributed by atoms with Gasteiger partial charge in [-0.1, -0.05) is 54.7 Å². The van der Waals surface area contributed by atoms with Gasteiger partial charge in [0.25, 0.3) is 0 Å². The van der Waals surface area contributed by atoms with Crippen LogP contribution in [0.1, 0.15) is 25.5 Å². The molecule has 1 aromatic carbocycles. The molecule has 0 amide bonds. The number of cyclic esters (lactones) is 1. The minimum atomic E-state index is -0.499. The van der Waals surface area contributed by atoms with Crippen LogP contribution in [0.25, 0.3) is 0 Å². The largest absolute Gasteiger partial charge is 0.448 e. The fraction of sp³-hybridized carbons (Fsp3) is 0.308. The zero-order chi connectivity index (χ0) is 14.2.